The van der Waals surface area contributed by atoms with E-state index in [4.69, 9.17) is 4.42 Å². The summed E-state index contributed by atoms with van der Waals surface area (Å²) >= 11 is 0. The largest absolute Gasteiger partial charge is 0.465 e. The van der Waals surface area contributed by atoms with Crippen molar-refractivity contribution in [3.8, 4) is 0 Å². The fourth-order valence-electron chi connectivity index (χ4n) is 0.965. The van der Waals surface area contributed by atoms with Crippen LogP contribution < -0.4 is 5.32 Å². The Morgan fingerprint density at radius 2 is 2.33 bits per heavy atom. The van der Waals surface area contributed by atoms with Crippen molar-refractivity contribution in [2.24, 2.45) is 0 Å². The SMILES string of the molecule is CCOC(=O)CNC(=O)c1ocnc1C. The van der Waals surface area contributed by atoms with Gasteiger partial charge in [0.25, 0.3) is 5.91 Å². The molecule has 0 atom stereocenters. The smallest absolute Gasteiger partial charge is 0.325 e. The van der Waals surface area contributed by atoms with E-state index in [0.29, 0.717) is 5.69 Å². The Bertz CT molecular complexity index is 359. The summed E-state index contributed by atoms with van der Waals surface area (Å²) in [4.78, 5) is 26.1. The summed E-state index contributed by atoms with van der Waals surface area (Å²) in [5.74, 6) is -0.847. The highest BCUT2D eigenvalue weighted by molar-refractivity contribution is 5.94. The van der Waals surface area contributed by atoms with Gasteiger partial charge in [0.1, 0.15) is 6.54 Å². The van der Waals surface area contributed by atoms with Crippen molar-refractivity contribution in [3.05, 3.63) is 17.8 Å². The molecular formula is C9H12N2O4. The molecular weight excluding hydrogens is 200 g/mol. The predicted molar refractivity (Wildman–Crippen MR) is 50.2 cm³/mol. The second kappa shape index (κ2) is 5.14. The van der Waals surface area contributed by atoms with Crippen molar-refractivity contribution in [1.29, 1.82) is 0 Å². The van der Waals surface area contributed by atoms with E-state index in [2.05, 4.69) is 15.0 Å². The third kappa shape index (κ3) is 3.08. The molecule has 0 fully saturated rings. The Hall–Kier alpha value is -1.85. The van der Waals surface area contributed by atoms with E-state index in [1.165, 1.54) is 6.39 Å². The molecule has 0 aromatic carbocycles. The highest BCUT2D eigenvalue weighted by atomic mass is 16.5. The highest BCUT2D eigenvalue weighted by Crippen LogP contribution is 2.03. The van der Waals surface area contributed by atoms with Gasteiger partial charge in [-0.3, -0.25) is 9.59 Å². The summed E-state index contributed by atoms with van der Waals surface area (Å²) < 4.78 is 9.48. The molecule has 0 spiro atoms. The van der Waals surface area contributed by atoms with Crippen LogP contribution in [0.15, 0.2) is 10.8 Å². The van der Waals surface area contributed by atoms with E-state index >= 15 is 0 Å². The zero-order valence-electron chi connectivity index (χ0n) is 8.57. The van der Waals surface area contributed by atoms with Crippen LogP contribution in [-0.2, 0) is 9.53 Å². The summed E-state index contributed by atoms with van der Waals surface area (Å²) in [7, 11) is 0. The standard InChI is InChI=1S/C9H12N2O4/c1-3-14-7(12)4-10-9(13)8-6(2)11-5-15-8/h5H,3-4H2,1-2H3,(H,10,13). The monoisotopic (exact) mass is 212 g/mol. The maximum absolute atomic E-state index is 11.4. The van der Waals surface area contributed by atoms with Gasteiger partial charge in [0.15, 0.2) is 6.39 Å². The fourth-order valence-corrected chi connectivity index (χ4v) is 0.965. The molecule has 0 radical (unpaired) electrons. The van der Waals surface area contributed by atoms with Gasteiger partial charge in [-0.05, 0) is 13.8 Å². The molecule has 1 rings (SSSR count). The third-order valence-corrected chi connectivity index (χ3v) is 1.65. The van der Waals surface area contributed by atoms with Gasteiger partial charge in [-0.2, -0.15) is 0 Å². The van der Waals surface area contributed by atoms with E-state index < -0.39 is 11.9 Å². The lowest BCUT2D eigenvalue weighted by Crippen LogP contribution is -2.30. The number of rotatable bonds is 4. The average Bonchev–Trinajstić information content (AvgIpc) is 2.61. The van der Waals surface area contributed by atoms with Gasteiger partial charge in [-0.25, -0.2) is 4.98 Å². The van der Waals surface area contributed by atoms with Gasteiger partial charge < -0.3 is 14.5 Å². The number of nitrogens with zero attached hydrogens (tertiary/aromatic N) is 1. The molecule has 1 N–H and O–H groups in total. The Balaban J connectivity index is 2.44. The zero-order valence-corrected chi connectivity index (χ0v) is 8.57. The molecule has 1 aromatic heterocycles. The molecule has 0 aliphatic carbocycles. The lowest BCUT2D eigenvalue weighted by Gasteiger charge is -2.02. The molecule has 0 aliphatic rings. The lowest BCUT2D eigenvalue weighted by molar-refractivity contribution is -0.141. The molecule has 6 nitrogen and oxygen atoms in total. The van der Waals surface area contributed by atoms with Crippen LogP contribution in [0.5, 0.6) is 0 Å². The Morgan fingerprint density at radius 3 is 2.87 bits per heavy atom. The van der Waals surface area contributed by atoms with Gasteiger partial charge >= 0.3 is 5.97 Å². The molecule has 6 heteroatoms. The number of esters is 1. The average molecular weight is 212 g/mol. The second-order valence-electron chi connectivity index (χ2n) is 2.75. The Morgan fingerprint density at radius 1 is 1.60 bits per heavy atom. The number of aryl methyl sites for hydroxylation is 1. The summed E-state index contributed by atoms with van der Waals surface area (Å²) in [6, 6.07) is 0. The number of aromatic nitrogens is 1. The minimum atomic E-state index is -0.483. The predicted octanol–water partition coefficient (Wildman–Crippen LogP) is 0.276. The van der Waals surface area contributed by atoms with Gasteiger partial charge in [0.05, 0.1) is 12.3 Å². The van der Waals surface area contributed by atoms with Gasteiger partial charge in [-0.1, -0.05) is 0 Å². The normalized spacial score (nSPS) is 9.73. The summed E-state index contributed by atoms with van der Waals surface area (Å²) in [6.45, 7) is 3.45. The first-order chi connectivity index (χ1) is 7.15. The van der Waals surface area contributed by atoms with E-state index in [1.54, 1.807) is 13.8 Å². The minimum Gasteiger partial charge on any atom is -0.465 e. The number of carbonyl (C=O) groups is 2. The van der Waals surface area contributed by atoms with Crippen LogP contribution in [0.4, 0.5) is 0 Å². The van der Waals surface area contributed by atoms with Crippen molar-refractivity contribution in [1.82, 2.24) is 10.3 Å². The summed E-state index contributed by atoms with van der Waals surface area (Å²) in [6.07, 6.45) is 1.18. The molecule has 1 amide bonds. The maximum atomic E-state index is 11.4. The second-order valence-corrected chi connectivity index (χ2v) is 2.75. The van der Waals surface area contributed by atoms with Crippen LogP contribution in [0.1, 0.15) is 23.2 Å². The quantitative estimate of drug-likeness (QED) is 0.725. The molecule has 1 heterocycles. The number of carbonyl (C=O) groups excluding carboxylic acids is 2. The van der Waals surface area contributed by atoms with Crippen LogP contribution in [0.3, 0.4) is 0 Å². The first-order valence-electron chi connectivity index (χ1n) is 4.49. The van der Waals surface area contributed by atoms with E-state index in [9.17, 15) is 9.59 Å². The number of nitrogens with one attached hydrogen (secondary N) is 1. The molecule has 82 valence electrons. The lowest BCUT2D eigenvalue weighted by atomic mass is 10.3. The molecule has 0 saturated heterocycles. The maximum Gasteiger partial charge on any atom is 0.325 e. The first-order valence-corrected chi connectivity index (χ1v) is 4.49. The van der Waals surface area contributed by atoms with E-state index in [-0.39, 0.29) is 18.9 Å². The minimum absolute atomic E-state index is 0.110. The van der Waals surface area contributed by atoms with Gasteiger partial charge in [-0.15, -0.1) is 0 Å². The van der Waals surface area contributed by atoms with E-state index in [1.807, 2.05) is 0 Å². The van der Waals surface area contributed by atoms with Gasteiger partial charge in [0.2, 0.25) is 5.76 Å². The summed E-state index contributed by atoms with van der Waals surface area (Å²) in [5.41, 5.74) is 0.483. The molecule has 1 aromatic rings. The number of hydrogen-bond acceptors (Lipinski definition) is 5. The third-order valence-electron chi connectivity index (χ3n) is 1.65. The Kier molecular flexibility index (Phi) is 3.84. The van der Waals surface area contributed by atoms with Crippen LogP contribution in [-0.4, -0.2) is 30.0 Å². The molecule has 15 heavy (non-hydrogen) atoms. The molecule has 0 aliphatic heterocycles. The fraction of sp³-hybridized carbons (Fsp3) is 0.444. The number of hydrogen-bond donors (Lipinski definition) is 1. The zero-order chi connectivity index (χ0) is 11.3. The van der Waals surface area contributed by atoms with E-state index in [0.717, 1.165) is 0 Å². The van der Waals surface area contributed by atoms with Crippen LogP contribution in [0, 0.1) is 6.92 Å². The van der Waals surface area contributed by atoms with Gasteiger partial charge in [0, 0.05) is 0 Å². The number of oxazole rings is 1. The molecule has 0 unspecified atom stereocenters. The van der Waals surface area contributed by atoms with Crippen LogP contribution in [0.2, 0.25) is 0 Å². The Labute approximate surface area is 86.6 Å². The van der Waals surface area contributed by atoms with Crippen molar-refractivity contribution in [2.75, 3.05) is 13.2 Å². The van der Waals surface area contributed by atoms with Crippen molar-refractivity contribution in [2.45, 2.75) is 13.8 Å². The van der Waals surface area contributed by atoms with Crippen LogP contribution >= 0.6 is 0 Å². The highest BCUT2D eigenvalue weighted by Gasteiger charge is 2.14. The van der Waals surface area contributed by atoms with Crippen molar-refractivity contribution in [3.63, 3.8) is 0 Å². The number of ether oxygens (including phenoxy) is 1. The molecule has 0 bridgehead atoms. The first kappa shape index (κ1) is 11.2. The van der Waals surface area contributed by atoms with Crippen molar-refractivity contribution < 1.29 is 18.7 Å². The molecule has 0 saturated carbocycles. The topological polar surface area (TPSA) is 81.4 Å². The number of amides is 1. The summed E-state index contributed by atoms with van der Waals surface area (Å²) in [5, 5.41) is 2.36. The van der Waals surface area contributed by atoms with Crippen molar-refractivity contribution >= 4 is 11.9 Å². The van der Waals surface area contributed by atoms with Crippen LogP contribution in [0.25, 0.3) is 0 Å².